The van der Waals surface area contributed by atoms with Crippen molar-refractivity contribution in [2.45, 2.75) is 13.5 Å². The van der Waals surface area contributed by atoms with E-state index in [1.165, 1.54) is 11.3 Å². The molecule has 0 saturated carbocycles. The molecule has 24 heavy (non-hydrogen) atoms. The van der Waals surface area contributed by atoms with Crippen molar-refractivity contribution in [2.75, 3.05) is 0 Å². The molecule has 5 nitrogen and oxygen atoms in total. The minimum atomic E-state index is -0.319. The highest BCUT2D eigenvalue weighted by atomic mass is 32.1. The van der Waals surface area contributed by atoms with Crippen molar-refractivity contribution in [3.63, 3.8) is 0 Å². The third-order valence-corrected chi connectivity index (χ3v) is 6.37. The van der Waals surface area contributed by atoms with Gasteiger partial charge in [-0.3, -0.25) is 4.68 Å². The van der Waals surface area contributed by atoms with Gasteiger partial charge >= 0.3 is 5.97 Å². The van der Waals surface area contributed by atoms with E-state index in [4.69, 9.17) is 4.74 Å². The molecule has 0 radical (unpaired) electrons. The topological polar surface area (TPSA) is 57.0 Å². The van der Waals surface area contributed by atoms with Gasteiger partial charge in [-0.25, -0.2) is 9.78 Å². The molecular formula is C16H13N3O2S3. The van der Waals surface area contributed by atoms with E-state index in [0.717, 1.165) is 32.2 Å². The number of aryl methyl sites for hydroxylation is 2. The summed E-state index contributed by atoms with van der Waals surface area (Å²) in [6.07, 6.45) is 0. The summed E-state index contributed by atoms with van der Waals surface area (Å²) in [5, 5.41) is 12.3. The van der Waals surface area contributed by atoms with Gasteiger partial charge in [0, 0.05) is 28.8 Å². The summed E-state index contributed by atoms with van der Waals surface area (Å²) in [6.45, 7) is 2.12. The zero-order valence-corrected chi connectivity index (χ0v) is 15.4. The quantitative estimate of drug-likeness (QED) is 0.493. The second kappa shape index (κ2) is 6.12. The van der Waals surface area contributed by atoms with E-state index in [1.807, 2.05) is 36.9 Å². The third-order valence-electron chi connectivity index (χ3n) is 3.57. The number of carbonyl (C=O) groups is 1. The molecular weight excluding hydrogens is 362 g/mol. The largest absolute Gasteiger partial charge is 0.455 e. The molecule has 4 aromatic rings. The Morgan fingerprint density at radius 1 is 1.38 bits per heavy atom. The van der Waals surface area contributed by atoms with Crippen LogP contribution in [0.4, 0.5) is 0 Å². The minimum Gasteiger partial charge on any atom is -0.455 e. The average molecular weight is 376 g/mol. The maximum Gasteiger partial charge on any atom is 0.348 e. The number of ether oxygens (including phenoxy) is 1. The normalized spacial score (nSPS) is 11.2. The molecule has 0 spiro atoms. The Balaban J connectivity index is 1.47. The van der Waals surface area contributed by atoms with Crippen molar-refractivity contribution < 1.29 is 9.53 Å². The number of nitrogens with zero attached hydrogens (tertiary/aromatic N) is 3. The van der Waals surface area contributed by atoms with Crippen LogP contribution in [0.2, 0.25) is 0 Å². The van der Waals surface area contributed by atoms with E-state index in [0.29, 0.717) is 4.88 Å². The van der Waals surface area contributed by atoms with Crippen LogP contribution in [0.3, 0.4) is 0 Å². The van der Waals surface area contributed by atoms with Crippen LogP contribution in [0.15, 0.2) is 28.3 Å². The van der Waals surface area contributed by atoms with Crippen molar-refractivity contribution in [3.05, 3.63) is 44.5 Å². The fraction of sp³-hybridized carbons (Fsp3) is 0.188. The first-order valence-electron chi connectivity index (χ1n) is 7.19. The number of aromatic nitrogens is 3. The second-order valence-electron chi connectivity index (χ2n) is 5.27. The van der Waals surface area contributed by atoms with Gasteiger partial charge in [0.05, 0.1) is 11.4 Å². The molecule has 0 atom stereocenters. The Hall–Kier alpha value is -2.03. The maximum absolute atomic E-state index is 12.3. The summed E-state index contributed by atoms with van der Waals surface area (Å²) in [5.74, 6) is -0.319. The zero-order chi connectivity index (χ0) is 16.7. The molecule has 0 saturated heterocycles. The summed E-state index contributed by atoms with van der Waals surface area (Å²) >= 11 is 4.60. The number of fused-ring (bicyclic) bond motifs is 1. The van der Waals surface area contributed by atoms with Crippen molar-refractivity contribution in [1.82, 2.24) is 14.8 Å². The average Bonchev–Trinajstić information content (AvgIpc) is 3.33. The third kappa shape index (κ3) is 2.77. The highest BCUT2D eigenvalue weighted by molar-refractivity contribution is 7.20. The summed E-state index contributed by atoms with van der Waals surface area (Å²) in [4.78, 5) is 18.4. The van der Waals surface area contributed by atoms with Crippen molar-refractivity contribution >= 4 is 50.2 Å². The molecule has 122 valence electrons. The predicted octanol–water partition coefficient (Wildman–Crippen LogP) is 4.49. The lowest BCUT2D eigenvalue weighted by Gasteiger charge is -2.00. The Bertz CT molecular complexity index is 977. The van der Waals surface area contributed by atoms with Crippen LogP contribution >= 0.6 is 34.0 Å². The summed E-state index contributed by atoms with van der Waals surface area (Å²) in [6, 6.07) is 3.88. The Kier molecular flexibility index (Phi) is 3.95. The molecule has 0 N–H and O–H groups in total. The van der Waals surface area contributed by atoms with Gasteiger partial charge in [-0.05, 0) is 24.4 Å². The van der Waals surface area contributed by atoms with Crippen LogP contribution in [0, 0.1) is 6.92 Å². The lowest BCUT2D eigenvalue weighted by Crippen LogP contribution is -2.03. The van der Waals surface area contributed by atoms with Gasteiger partial charge in [0.2, 0.25) is 0 Å². The first-order valence-corrected chi connectivity index (χ1v) is 9.83. The molecule has 4 heterocycles. The lowest BCUT2D eigenvalue weighted by molar-refractivity contribution is 0.0474. The van der Waals surface area contributed by atoms with Crippen LogP contribution in [0.5, 0.6) is 0 Å². The molecule has 0 bridgehead atoms. The van der Waals surface area contributed by atoms with Crippen molar-refractivity contribution in [3.8, 4) is 10.6 Å². The van der Waals surface area contributed by atoms with Gasteiger partial charge < -0.3 is 4.74 Å². The van der Waals surface area contributed by atoms with E-state index in [9.17, 15) is 4.79 Å². The molecule has 4 aromatic heterocycles. The van der Waals surface area contributed by atoms with Crippen LogP contribution < -0.4 is 0 Å². The highest BCUT2D eigenvalue weighted by Crippen LogP contribution is 2.29. The Morgan fingerprint density at radius 3 is 3.00 bits per heavy atom. The van der Waals surface area contributed by atoms with Gasteiger partial charge in [-0.2, -0.15) is 16.4 Å². The van der Waals surface area contributed by atoms with E-state index in [2.05, 4.69) is 15.5 Å². The predicted molar refractivity (Wildman–Crippen MR) is 97.9 cm³/mol. The fourth-order valence-corrected chi connectivity index (χ4v) is 4.94. The summed E-state index contributed by atoms with van der Waals surface area (Å²) < 4.78 is 7.20. The number of rotatable bonds is 4. The SMILES string of the molecule is Cc1nn(C)c2sc(C(=O)OCc3csc(-c4ccsc4)n3)cc12. The summed E-state index contributed by atoms with van der Waals surface area (Å²) in [7, 11) is 1.88. The lowest BCUT2D eigenvalue weighted by atomic mass is 10.3. The zero-order valence-electron chi connectivity index (χ0n) is 13.0. The molecule has 0 aliphatic heterocycles. The first-order chi connectivity index (χ1) is 11.6. The fourth-order valence-electron chi connectivity index (χ4n) is 2.41. The van der Waals surface area contributed by atoms with Gasteiger partial charge in [0.1, 0.15) is 21.3 Å². The van der Waals surface area contributed by atoms with Gasteiger partial charge in [-0.15, -0.1) is 22.7 Å². The van der Waals surface area contributed by atoms with E-state index in [1.54, 1.807) is 27.4 Å². The first kappa shape index (κ1) is 15.5. The van der Waals surface area contributed by atoms with Gasteiger partial charge in [-0.1, -0.05) is 0 Å². The minimum absolute atomic E-state index is 0.185. The molecule has 0 fully saturated rings. The van der Waals surface area contributed by atoms with Gasteiger partial charge in [0.25, 0.3) is 0 Å². The Morgan fingerprint density at radius 2 is 2.25 bits per heavy atom. The van der Waals surface area contributed by atoms with Crippen LogP contribution in [-0.4, -0.2) is 20.7 Å². The van der Waals surface area contributed by atoms with Crippen LogP contribution in [0.25, 0.3) is 20.8 Å². The molecule has 0 aliphatic carbocycles. The second-order valence-corrected chi connectivity index (χ2v) is 7.94. The number of carbonyl (C=O) groups excluding carboxylic acids is 1. The molecule has 4 rings (SSSR count). The molecule has 0 aliphatic rings. The van der Waals surface area contributed by atoms with Crippen molar-refractivity contribution in [1.29, 1.82) is 0 Å². The van der Waals surface area contributed by atoms with Gasteiger partial charge in [0.15, 0.2) is 0 Å². The van der Waals surface area contributed by atoms with E-state index in [-0.39, 0.29) is 12.6 Å². The Labute approximate surface area is 150 Å². The number of hydrogen-bond donors (Lipinski definition) is 0. The highest BCUT2D eigenvalue weighted by Gasteiger charge is 2.16. The summed E-state index contributed by atoms with van der Waals surface area (Å²) in [5.41, 5.74) is 2.80. The molecule has 0 aromatic carbocycles. The number of hydrogen-bond acceptors (Lipinski definition) is 7. The van der Waals surface area contributed by atoms with Crippen LogP contribution in [0.1, 0.15) is 21.1 Å². The number of esters is 1. The molecule has 0 unspecified atom stereocenters. The monoisotopic (exact) mass is 375 g/mol. The van der Waals surface area contributed by atoms with Crippen molar-refractivity contribution in [2.24, 2.45) is 7.05 Å². The van der Waals surface area contributed by atoms with Crippen LogP contribution in [-0.2, 0) is 18.4 Å². The smallest absolute Gasteiger partial charge is 0.348 e. The maximum atomic E-state index is 12.3. The number of thiazole rings is 1. The van der Waals surface area contributed by atoms with E-state index >= 15 is 0 Å². The molecule has 0 amide bonds. The molecule has 8 heteroatoms. The standard InChI is InChI=1S/C16H13N3O2S3/c1-9-12-5-13(24-15(12)19(2)18-9)16(20)21-6-11-8-23-14(17-11)10-3-4-22-7-10/h3-5,7-8H,6H2,1-2H3. The van der Waals surface area contributed by atoms with E-state index < -0.39 is 0 Å². The number of thiophene rings is 2.